The van der Waals surface area contributed by atoms with Crippen LogP contribution in [0.5, 0.6) is 0 Å². The third-order valence-corrected chi connectivity index (χ3v) is 3.49. The number of hydrogen-bond acceptors (Lipinski definition) is 4. The molecule has 1 aliphatic heterocycles. The first-order chi connectivity index (χ1) is 8.88. The van der Waals surface area contributed by atoms with Crippen LogP contribution in [0.2, 0.25) is 0 Å². The summed E-state index contributed by atoms with van der Waals surface area (Å²) in [4.78, 5) is 40.6. The quantitative estimate of drug-likeness (QED) is 0.628. The maximum absolute atomic E-state index is 12.0. The molecule has 19 heavy (non-hydrogen) atoms. The van der Waals surface area contributed by atoms with Crippen LogP contribution in [0.1, 0.15) is 34.6 Å². The average Bonchev–Trinajstić information content (AvgIpc) is 2.64. The molecule has 1 aromatic rings. The number of alkyl halides is 1. The maximum atomic E-state index is 12.0. The molecule has 0 atom stereocenters. The molecule has 0 bridgehead atoms. The van der Waals surface area contributed by atoms with E-state index in [4.69, 9.17) is 16.4 Å². The zero-order chi connectivity index (χ0) is 14.2. The van der Waals surface area contributed by atoms with Crippen LogP contribution in [0.25, 0.3) is 0 Å². The molecule has 0 aliphatic carbocycles. The van der Waals surface area contributed by atoms with E-state index in [1.54, 1.807) is 26.0 Å². The molecule has 0 spiro atoms. The van der Waals surface area contributed by atoms with E-state index in [1.165, 1.54) is 12.1 Å². The predicted octanol–water partition coefficient (Wildman–Crippen LogP) is 2.01. The second-order valence-electron chi connectivity index (χ2n) is 4.85. The Labute approximate surface area is 115 Å². The first-order valence-corrected chi connectivity index (χ1v) is 6.18. The summed E-state index contributed by atoms with van der Waals surface area (Å²) < 4.78 is 0. The van der Waals surface area contributed by atoms with Crippen molar-refractivity contribution in [3.63, 3.8) is 0 Å². The molecule has 0 saturated heterocycles. The summed E-state index contributed by atoms with van der Waals surface area (Å²) in [5.74, 6) is -1.98. The summed E-state index contributed by atoms with van der Waals surface area (Å²) >= 11 is 5.65. The summed E-state index contributed by atoms with van der Waals surface area (Å²) in [6, 6.07) is 6.29. The highest BCUT2D eigenvalue weighted by Crippen LogP contribution is 2.26. The molecular weight excluding hydrogens is 270 g/mol. The van der Waals surface area contributed by atoms with Gasteiger partial charge in [0, 0.05) is 5.88 Å². The Morgan fingerprint density at radius 3 is 2.11 bits per heavy atom. The molecule has 5 nitrogen and oxygen atoms in total. The highest BCUT2D eigenvalue weighted by atomic mass is 35.5. The molecule has 0 radical (unpaired) electrons. The van der Waals surface area contributed by atoms with E-state index in [2.05, 4.69) is 0 Å². The Morgan fingerprint density at radius 2 is 1.68 bits per heavy atom. The summed E-state index contributed by atoms with van der Waals surface area (Å²) in [5.41, 5.74) is -0.523. The van der Waals surface area contributed by atoms with Gasteiger partial charge < -0.3 is 4.84 Å². The number of benzene rings is 1. The SMILES string of the molecule is CC(C)(CCl)C(=O)ON1C(=O)c2ccccc2C1=O. The zero-order valence-corrected chi connectivity index (χ0v) is 11.2. The smallest absolute Gasteiger partial charge is 0.329 e. The van der Waals surface area contributed by atoms with E-state index in [-0.39, 0.29) is 17.0 Å². The van der Waals surface area contributed by atoms with Crippen LogP contribution >= 0.6 is 11.6 Å². The lowest BCUT2D eigenvalue weighted by Crippen LogP contribution is -2.38. The van der Waals surface area contributed by atoms with E-state index in [0.717, 1.165) is 0 Å². The number of nitrogens with zero attached hydrogens (tertiary/aromatic N) is 1. The van der Waals surface area contributed by atoms with Crippen molar-refractivity contribution in [2.75, 3.05) is 5.88 Å². The predicted molar refractivity (Wildman–Crippen MR) is 67.5 cm³/mol. The molecule has 0 saturated carbocycles. The first-order valence-electron chi connectivity index (χ1n) is 5.64. The lowest BCUT2D eigenvalue weighted by Gasteiger charge is -2.21. The minimum Gasteiger partial charge on any atom is -0.329 e. The molecule has 6 heteroatoms. The topological polar surface area (TPSA) is 63.7 Å². The first kappa shape index (κ1) is 13.5. The van der Waals surface area contributed by atoms with Crippen LogP contribution in [0.3, 0.4) is 0 Å². The standard InChI is InChI=1S/C13H12ClNO4/c1-13(2,7-14)12(18)19-15-10(16)8-5-3-4-6-9(8)11(15)17/h3-6H,7H2,1-2H3. The van der Waals surface area contributed by atoms with Gasteiger partial charge in [-0.1, -0.05) is 17.2 Å². The van der Waals surface area contributed by atoms with Crippen molar-refractivity contribution >= 4 is 29.4 Å². The number of carbonyl (C=O) groups excluding carboxylic acids is 3. The Kier molecular flexibility index (Phi) is 3.32. The number of rotatable bonds is 3. The van der Waals surface area contributed by atoms with Crippen molar-refractivity contribution in [1.29, 1.82) is 0 Å². The van der Waals surface area contributed by atoms with Crippen LogP contribution in [-0.4, -0.2) is 28.7 Å². The van der Waals surface area contributed by atoms with E-state index in [1.807, 2.05) is 0 Å². The van der Waals surface area contributed by atoms with Gasteiger partial charge in [-0.05, 0) is 26.0 Å². The minimum atomic E-state index is -0.975. The van der Waals surface area contributed by atoms with Gasteiger partial charge in [0.15, 0.2) is 0 Å². The monoisotopic (exact) mass is 281 g/mol. The van der Waals surface area contributed by atoms with Gasteiger partial charge >= 0.3 is 5.97 Å². The molecule has 100 valence electrons. The highest BCUT2D eigenvalue weighted by molar-refractivity contribution is 6.21. The Hall–Kier alpha value is -1.88. The largest absolute Gasteiger partial charge is 0.339 e. The van der Waals surface area contributed by atoms with Gasteiger partial charge in [-0.3, -0.25) is 9.59 Å². The highest BCUT2D eigenvalue weighted by Gasteiger charge is 2.41. The molecule has 1 aromatic carbocycles. The number of amides is 2. The Bertz CT molecular complexity index is 533. The van der Waals surface area contributed by atoms with Gasteiger partial charge in [0.05, 0.1) is 16.5 Å². The van der Waals surface area contributed by atoms with Crippen molar-refractivity contribution in [3.05, 3.63) is 35.4 Å². The zero-order valence-electron chi connectivity index (χ0n) is 10.5. The number of fused-ring (bicyclic) bond motifs is 1. The van der Waals surface area contributed by atoms with E-state index < -0.39 is 23.2 Å². The van der Waals surface area contributed by atoms with Crippen molar-refractivity contribution in [2.45, 2.75) is 13.8 Å². The van der Waals surface area contributed by atoms with Crippen molar-refractivity contribution in [1.82, 2.24) is 5.06 Å². The van der Waals surface area contributed by atoms with Crippen molar-refractivity contribution in [2.24, 2.45) is 5.41 Å². The maximum Gasteiger partial charge on any atom is 0.339 e. The molecule has 2 amide bonds. The Balaban J connectivity index is 2.24. The molecule has 0 N–H and O–H groups in total. The Morgan fingerprint density at radius 1 is 1.21 bits per heavy atom. The fraction of sp³-hybridized carbons (Fsp3) is 0.308. The summed E-state index contributed by atoms with van der Waals surface area (Å²) in [7, 11) is 0. The van der Waals surface area contributed by atoms with Crippen molar-refractivity contribution < 1.29 is 19.2 Å². The van der Waals surface area contributed by atoms with Gasteiger partial charge in [-0.15, -0.1) is 11.6 Å². The number of carbonyl (C=O) groups is 3. The number of imide groups is 1. The third kappa shape index (κ3) is 2.21. The lowest BCUT2D eigenvalue weighted by molar-refractivity contribution is -0.178. The van der Waals surface area contributed by atoms with Crippen LogP contribution in [-0.2, 0) is 9.63 Å². The third-order valence-electron chi connectivity index (χ3n) is 2.82. The molecular formula is C13H12ClNO4. The molecule has 2 rings (SSSR count). The molecule has 1 aliphatic rings. The number of halogens is 1. The molecule has 0 unspecified atom stereocenters. The second-order valence-corrected chi connectivity index (χ2v) is 5.11. The lowest BCUT2D eigenvalue weighted by atomic mass is 9.97. The summed E-state index contributed by atoms with van der Waals surface area (Å²) in [6.45, 7) is 3.14. The van der Waals surface area contributed by atoms with E-state index in [9.17, 15) is 14.4 Å². The normalized spacial score (nSPS) is 14.6. The number of hydroxylamine groups is 2. The van der Waals surface area contributed by atoms with Gasteiger partial charge in [0.1, 0.15) is 0 Å². The minimum absolute atomic E-state index is 0.0228. The summed E-state index contributed by atoms with van der Waals surface area (Å²) in [5, 5.41) is 0.487. The van der Waals surface area contributed by atoms with Crippen LogP contribution in [0.15, 0.2) is 24.3 Å². The fourth-order valence-corrected chi connectivity index (χ4v) is 1.62. The van der Waals surface area contributed by atoms with E-state index >= 15 is 0 Å². The van der Waals surface area contributed by atoms with Gasteiger partial charge in [0.25, 0.3) is 11.8 Å². The summed E-state index contributed by atoms with van der Waals surface area (Å²) in [6.07, 6.45) is 0. The van der Waals surface area contributed by atoms with Gasteiger partial charge in [-0.25, -0.2) is 4.79 Å². The fourth-order valence-electron chi connectivity index (χ4n) is 1.51. The van der Waals surface area contributed by atoms with Crippen molar-refractivity contribution in [3.8, 4) is 0 Å². The van der Waals surface area contributed by atoms with Crippen LogP contribution < -0.4 is 0 Å². The van der Waals surface area contributed by atoms with Gasteiger partial charge in [-0.2, -0.15) is 0 Å². The molecule has 0 aromatic heterocycles. The van der Waals surface area contributed by atoms with Crippen LogP contribution in [0, 0.1) is 5.41 Å². The molecule has 0 fully saturated rings. The van der Waals surface area contributed by atoms with Gasteiger partial charge in [0.2, 0.25) is 0 Å². The van der Waals surface area contributed by atoms with E-state index in [0.29, 0.717) is 5.06 Å². The number of hydrogen-bond donors (Lipinski definition) is 0. The average molecular weight is 282 g/mol. The second kappa shape index (κ2) is 4.66. The van der Waals surface area contributed by atoms with Crippen LogP contribution in [0.4, 0.5) is 0 Å². The molecule has 1 heterocycles.